The molecule has 1 aliphatic rings. The Hall–Kier alpha value is -4.66. The van der Waals surface area contributed by atoms with Gasteiger partial charge in [-0.05, 0) is 42.0 Å². The maximum atomic E-state index is 13.7. The minimum absolute atomic E-state index is 0.305. The number of rotatable bonds is 6. The van der Waals surface area contributed by atoms with Gasteiger partial charge in [0, 0.05) is 43.5 Å². The van der Waals surface area contributed by atoms with Crippen molar-refractivity contribution in [1.29, 1.82) is 0 Å². The van der Waals surface area contributed by atoms with Crippen LogP contribution in [0.25, 0.3) is 22.3 Å². The van der Waals surface area contributed by atoms with Crippen molar-refractivity contribution in [1.82, 2.24) is 19.7 Å². The molecule has 38 heavy (non-hydrogen) atoms. The summed E-state index contributed by atoms with van der Waals surface area (Å²) in [4.78, 5) is 14.3. The van der Waals surface area contributed by atoms with Crippen molar-refractivity contribution in [3.8, 4) is 17.0 Å². The van der Waals surface area contributed by atoms with Crippen LogP contribution in [-0.2, 0) is 6.54 Å². The first-order valence-electron chi connectivity index (χ1n) is 12.6. The average Bonchev–Trinajstić information content (AvgIpc) is 3.28. The minimum atomic E-state index is -0.305. The van der Waals surface area contributed by atoms with Gasteiger partial charge in [-0.25, -0.2) is 14.1 Å². The molecule has 8 nitrogen and oxygen atoms in total. The molecule has 0 unspecified atom stereocenters. The summed E-state index contributed by atoms with van der Waals surface area (Å²) in [5, 5.41) is 5.44. The van der Waals surface area contributed by atoms with Crippen LogP contribution in [0.2, 0.25) is 0 Å². The summed E-state index contributed by atoms with van der Waals surface area (Å²) in [7, 11) is 1.68. The van der Waals surface area contributed by atoms with E-state index in [2.05, 4.69) is 15.9 Å². The first-order valence-corrected chi connectivity index (χ1v) is 12.6. The summed E-state index contributed by atoms with van der Waals surface area (Å²) in [5.41, 5.74) is 10.8. The fourth-order valence-corrected chi connectivity index (χ4v) is 4.85. The number of hydrogen-bond donors (Lipinski definition) is 1. The lowest BCUT2D eigenvalue weighted by Gasteiger charge is -2.36. The monoisotopic (exact) mass is 509 g/mol. The third-order valence-electron chi connectivity index (χ3n) is 6.90. The molecule has 0 atom stereocenters. The van der Waals surface area contributed by atoms with Gasteiger partial charge < -0.3 is 20.3 Å². The Morgan fingerprint density at radius 1 is 0.868 bits per heavy atom. The van der Waals surface area contributed by atoms with E-state index in [0.29, 0.717) is 35.0 Å². The van der Waals surface area contributed by atoms with Crippen molar-refractivity contribution in [2.24, 2.45) is 0 Å². The van der Waals surface area contributed by atoms with Gasteiger partial charge in [0.15, 0.2) is 5.65 Å². The molecular formula is C29H28FN7O. The third kappa shape index (κ3) is 4.58. The van der Waals surface area contributed by atoms with Gasteiger partial charge in [0.25, 0.3) is 0 Å². The Balaban J connectivity index is 1.35. The van der Waals surface area contributed by atoms with Crippen molar-refractivity contribution in [3.05, 3.63) is 90.2 Å². The van der Waals surface area contributed by atoms with Crippen molar-refractivity contribution in [2.45, 2.75) is 6.54 Å². The molecule has 192 valence electrons. The fourth-order valence-electron chi connectivity index (χ4n) is 4.85. The molecule has 0 saturated carbocycles. The Morgan fingerprint density at radius 3 is 2.34 bits per heavy atom. The maximum Gasteiger partial charge on any atom is 0.228 e. The molecule has 1 fully saturated rings. The van der Waals surface area contributed by atoms with Gasteiger partial charge in [0.05, 0.1) is 24.7 Å². The van der Waals surface area contributed by atoms with E-state index in [9.17, 15) is 4.39 Å². The number of hydrogen-bond acceptors (Lipinski definition) is 7. The molecule has 0 aliphatic carbocycles. The number of aromatic nitrogens is 4. The highest BCUT2D eigenvalue weighted by molar-refractivity contribution is 5.99. The zero-order chi connectivity index (χ0) is 26.1. The molecule has 9 heteroatoms. The van der Waals surface area contributed by atoms with E-state index in [-0.39, 0.29) is 5.82 Å². The topological polar surface area (TPSA) is 85.3 Å². The van der Waals surface area contributed by atoms with Crippen LogP contribution in [0.5, 0.6) is 5.75 Å². The number of nitrogens with two attached hydrogens (primary N) is 1. The predicted octanol–water partition coefficient (Wildman–Crippen LogP) is 4.60. The molecule has 1 aliphatic heterocycles. The minimum Gasteiger partial charge on any atom is -0.497 e. The van der Waals surface area contributed by atoms with Crippen molar-refractivity contribution in [2.75, 3.05) is 48.8 Å². The highest BCUT2D eigenvalue weighted by atomic mass is 19.1. The molecular weight excluding hydrogens is 481 g/mol. The smallest absolute Gasteiger partial charge is 0.228 e. The van der Waals surface area contributed by atoms with Gasteiger partial charge in [-0.1, -0.05) is 36.4 Å². The van der Waals surface area contributed by atoms with E-state index < -0.39 is 0 Å². The quantitative estimate of drug-likeness (QED) is 0.358. The maximum absolute atomic E-state index is 13.7. The molecule has 1 saturated heterocycles. The second-order valence-corrected chi connectivity index (χ2v) is 9.28. The Morgan fingerprint density at radius 2 is 1.61 bits per heavy atom. The van der Waals surface area contributed by atoms with Crippen LogP contribution in [0.15, 0.2) is 78.9 Å². The molecule has 0 radical (unpaired) electrons. The zero-order valence-electron chi connectivity index (χ0n) is 21.1. The number of fused-ring (bicyclic) bond motifs is 1. The predicted molar refractivity (Wildman–Crippen MR) is 148 cm³/mol. The number of ether oxygens (including phenoxy) is 1. The zero-order valence-corrected chi connectivity index (χ0v) is 21.1. The third-order valence-corrected chi connectivity index (χ3v) is 6.90. The average molecular weight is 510 g/mol. The second-order valence-electron chi connectivity index (χ2n) is 9.28. The van der Waals surface area contributed by atoms with Crippen LogP contribution >= 0.6 is 0 Å². The number of nitrogen functional groups attached to an aromatic ring is 1. The van der Waals surface area contributed by atoms with E-state index >= 15 is 0 Å². The summed E-state index contributed by atoms with van der Waals surface area (Å²) >= 11 is 0. The van der Waals surface area contributed by atoms with E-state index in [1.807, 2.05) is 48.5 Å². The van der Waals surface area contributed by atoms with Crippen molar-refractivity contribution in [3.63, 3.8) is 0 Å². The van der Waals surface area contributed by atoms with Crippen LogP contribution in [0, 0.1) is 5.82 Å². The van der Waals surface area contributed by atoms with E-state index in [4.69, 9.17) is 25.5 Å². The van der Waals surface area contributed by atoms with Gasteiger partial charge in [-0.3, -0.25) is 0 Å². The summed E-state index contributed by atoms with van der Waals surface area (Å²) in [6.45, 7) is 3.62. The molecule has 6 rings (SSSR count). The van der Waals surface area contributed by atoms with Crippen LogP contribution in [-0.4, -0.2) is 53.0 Å². The number of nitrogens with zero attached hydrogens (tertiary/aromatic N) is 6. The number of piperazine rings is 1. The standard InChI is InChI=1S/C29H28FN7O/c1-38-24-9-5-8-23(18-24)35-14-16-36(17-15-35)29-32-26(21-10-12-22(30)13-11-21)25-27(31)37(34-28(25)33-29)19-20-6-3-2-4-7-20/h2-13,18H,14-17,19,31H2,1H3. The Bertz CT molecular complexity index is 1560. The first kappa shape index (κ1) is 23.7. The molecule has 3 heterocycles. The number of halogens is 1. The molecule has 0 bridgehead atoms. The van der Waals surface area contributed by atoms with Crippen LogP contribution in [0.3, 0.4) is 0 Å². The first-order chi connectivity index (χ1) is 18.6. The number of methoxy groups -OCH3 is 1. The molecule has 5 aromatic rings. The van der Waals surface area contributed by atoms with Crippen LogP contribution in [0.4, 0.5) is 21.8 Å². The summed E-state index contributed by atoms with van der Waals surface area (Å²) < 4.78 is 20.9. The molecule has 2 N–H and O–H groups in total. The van der Waals surface area contributed by atoms with Gasteiger partial charge in [0.2, 0.25) is 5.95 Å². The van der Waals surface area contributed by atoms with Gasteiger partial charge >= 0.3 is 0 Å². The molecule has 0 amide bonds. The van der Waals surface area contributed by atoms with Crippen molar-refractivity contribution >= 4 is 28.5 Å². The lowest BCUT2D eigenvalue weighted by Crippen LogP contribution is -2.47. The van der Waals surface area contributed by atoms with Crippen LogP contribution in [0.1, 0.15) is 5.56 Å². The van der Waals surface area contributed by atoms with Crippen LogP contribution < -0.4 is 20.3 Å². The second kappa shape index (κ2) is 10.0. The summed E-state index contributed by atoms with van der Waals surface area (Å²) in [6, 6.07) is 24.4. The lowest BCUT2D eigenvalue weighted by atomic mass is 10.1. The van der Waals surface area contributed by atoms with E-state index in [1.54, 1.807) is 23.9 Å². The Kier molecular flexibility index (Phi) is 6.25. The highest BCUT2D eigenvalue weighted by Gasteiger charge is 2.24. The largest absolute Gasteiger partial charge is 0.497 e. The fraction of sp³-hybridized carbons (Fsp3) is 0.207. The van der Waals surface area contributed by atoms with Gasteiger partial charge in [-0.15, -0.1) is 5.10 Å². The highest BCUT2D eigenvalue weighted by Crippen LogP contribution is 2.33. The van der Waals surface area contributed by atoms with Crippen molar-refractivity contribution < 1.29 is 9.13 Å². The summed E-state index contributed by atoms with van der Waals surface area (Å²) in [6.07, 6.45) is 0. The van der Waals surface area contributed by atoms with Gasteiger partial charge in [0.1, 0.15) is 17.4 Å². The molecule has 2 aromatic heterocycles. The lowest BCUT2D eigenvalue weighted by molar-refractivity contribution is 0.414. The normalized spacial score (nSPS) is 13.7. The SMILES string of the molecule is COc1cccc(N2CCN(c3nc(-c4ccc(F)cc4)c4c(N)n(Cc5ccccc5)nc4n3)CC2)c1. The molecule has 3 aromatic carbocycles. The summed E-state index contributed by atoms with van der Waals surface area (Å²) in [5.74, 6) is 1.61. The number of anilines is 3. The van der Waals surface area contributed by atoms with Gasteiger partial charge in [-0.2, -0.15) is 4.98 Å². The molecule has 0 spiro atoms. The number of benzene rings is 3. The van der Waals surface area contributed by atoms with E-state index in [1.165, 1.54) is 12.1 Å². The Labute approximate surface area is 220 Å². The van der Waals surface area contributed by atoms with E-state index in [0.717, 1.165) is 48.7 Å².